The molecule has 40 heavy (non-hydrogen) atoms. The van der Waals surface area contributed by atoms with Gasteiger partial charge in [0, 0.05) is 21.6 Å². The first-order chi connectivity index (χ1) is 19.3. The Hall–Kier alpha value is -2.61. The van der Waals surface area contributed by atoms with E-state index >= 15 is 0 Å². The molecule has 3 aromatic carbocycles. The molecule has 0 unspecified atom stereocenters. The first kappa shape index (κ1) is 27.6. The molecule has 1 heterocycles. The van der Waals surface area contributed by atoms with Crippen LogP contribution >= 0.6 is 46.3 Å². The molecule has 6 rings (SSSR count). The zero-order chi connectivity index (χ0) is 28.0. The summed E-state index contributed by atoms with van der Waals surface area (Å²) in [5.41, 5.74) is 3.72. The van der Waals surface area contributed by atoms with Gasteiger partial charge in [-0.15, -0.1) is 0 Å². The highest BCUT2D eigenvalue weighted by molar-refractivity contribution is 7.06. The van der Waals surface area contributed by atoms with Crippen molar-refractivity contribution < 1.29 is 19.4 Å². The number of rotatable bonds is 8. The van der Waals surface area contributed by atoms with Crippen molar-refractivity contribution in [3.05, 3.63) is 103 Å². The zero-order valence-corrected chi connectivity index (χ0v) is 24.7. The average Bonchev–Trinajstić information content (AvgIpc) is 3.70. The second kappa shape index (κ2) is 11.0. The number of hydrogen-bond acceptors (Lipinski definition) is 6. The van der Waals surface area contributed by atoms with Gasteiger partial charge in [0.2, 0.25) is 0 Å². The predicted octanol–water partition coefficient (Wildman–Crippen LogP) is 8.78. The molecule has 9 heteroatoms. The van der Waals surface area contributed by atoms with E-state index in [1.165, 1.54) is 23.5 Å². The minimum absolute atomic E-state index is 0.172. The normalized spacial score (nSPS) is 20.2. The lowest BCUT2D eigenvalue weighted by Gasteiger charge is -2.44. The number of esters is 1. The Bertz CT molecular complexity index is 1560. The number of halogens is 3. The topological polar surface area (TPSA) is 68.7 Å². The number of carbonyl (C=O) groups excluding carboxylic acids is 1. The molecule has 0 aliphatic heterocycles. The first-order valence-corrected chi connectivity index (χ1v) is 14.9. The largest absolute Gasteiger partial charge is 0.489 e. The van der Waals surface area contributed by atoms with Gasteiger partial charge in [-0.3, -0.25) is 0 Å². The van der Waals surface area contributed by atoms with Crippen LogP contribution in [0, 0.1) is 0 Å². The van der Waals surface area contributed by atoms with Gasteiger partial charge in [0.25, 0.3) is 0 Å². The van der Waals surface area contributed by atoms with Crippen molar-refractivity contribution in [2.75, 3.05) is 7.11 Å². The summed E-state index contributed by atoms with van der Waals surface area (Å²) in [5, 5.41) is 12.9. The molecule has 4 aromatic rings. The monoisotopic (exact) mass is 613 g/mol. The Morgan fingerprint density at radius 3 is 2.33 bits per heavy atom. The summed E-state index contributed by atoms with van der Waals surface area (Å²) in [6.07, 6.45) is 3.36. The van der Waals surface area contributed by atoms with E-state index in [0.29, 0.717) is 57.3 Å². The fourth-order valence-electron chi connectivity index (χ4n) is 5.39. The fraction of sp³-hybridized carbons (Fsp3) is 0.290. The second-order valence-electron chi connectivity index (χ2n) is 10.4. The summed E-state index contributed by atoms with van der Waals surface area (Å²) >= 11 is 21.2. The van der Waals surface area contributed by atoms with Gasteiger partial charge in [-0.1, -0.05) is 59.1 Å². The third-order valence-corrected chi connectivity index (χ3v) is 9.76. The molecule has 1 N–H and O–H groups in total. The minimum atomic E-state index is -1.02. The molecule has 2 fully saturated rings. The number of benzene rings is 3. The number of nitrogens with zero attached hydrogens (tertiary/aromatic N) is 1. The summed E-state index contributed by atoms with van der Waals surface area (Å²) < 4.78 is 15.7. The van der Waals surface area contributed by atoms with Crippen molar-refractivity contribution in [2.45, 2.75) is 49.7 Å². The van der Waals surface area contributed by atoms with Gasteiger partial charge in [0.1, 0.15) is 12.4 Å². The highest BCUT2D eigenvalue weighted by atomic mass is 35.5. The summed E-state index contributed by atoms with van der Waals surface area (Å²) in [6, 6.07) is 18.2. The molecule has 206 valence electrons. The van der Waals surface area contributed by atoms with Crippen LogP contribution in [-0.2, 0) is 16.9 Å². The third-order valence-electron chi connectivity index (χ3n) is 7.76. The molecule has 2 saturated carbocycles. The van der Waals surface area contributed by atoms with E-state index in [0.717, 1.165) is 35.2 Å². The Morgan fingerprint density at radius 1 is 1.00 bits per heavy atom. The van der Waals surface area contributed by atoms with Crippen LogP contribution in [0.15, 0.2) is 60.7 Å². The number of carbonyl (C=O) groups is 1. The number of aliphatic hydroxyl groups is 1. The Labute approximate surface area is 251 Å². The first-order valence-electron chi connectivity index (χ1n) is 13.0. The van der Waals surface area contributed by atoms with Crippen molar-refractivity contribution >= 4 is 52.3 Å². The standard InChI is InChI=1S/C31H26Cl3NO4S/c1-38-30(36)19-9-5-17(6-10-19)20-14-31(37,15-20)23-12-11-21(13-26(23)34)39-16-22-28(35-40-29(22)18-7-8-18)27-24(32)3-2-4-25(27)33/h2-6,9-13,18,20,37H,7-8,14-16H2,1H3. The fourth-order valence-corrected chi connectivity index (χ4v) is 7.35. The summed E-state index contributed by atoms with van der Waals surface area (Å²) in [4.78, 5) is 12.9. The molecule has 0 radical (unpaired) electrons. The molecule has 5 nitrogen and oxygen atoms in total. The maximum Gasteiger partial charge on any atom is 0.337 e. The molecule has 0 spiro atoms. The Morgan fingerprint density at radius 2 is 1.70 bits per heavy atom. The molecule has 0 atom stereocenters. The average molecular weight is 615 g/mol. The van der Waals surface area contributed by atoms with Crippen LogP contribution < -0.4 is 4.74 Å². The highest BCUT2D eigenvalue weighted by Gasteiger charge is 2.45. The molecule has 2 aliphatic carbocycles. The smallest absolute Gasteiger partial charge is 0.337 e. The predicted molar refractivity (Wildman–Crippen MR) is 159 cm³/mol. The van der Waals surface area contributed by atoms with Gasteiger partial charge in [0.15, 0.2) is 0 Å². The zero-order valence-electron chi connectivity index (χ0n) is 21.6. The van der Waals surface area contributed by atoms with Crippen molar-refractivity contribution in [3.63, 3.8) is 0 Å². The van der Waals surface area contributed by atoms with E-state index in [4.69, 9.17) is 48.7 Å². The number of ether oxygens (including phenoxy) is 2. The van der Waals surface area contributed by atoms with Gasteiger partial charge < -0.3 is 14.6 Å². The quantitative estimate of drug-likeness (QED) is 0.201. The molecule has 0 bridgehead atoms. The van der Waals surface area contributed by atoms with E-state index in [9.17, 15) is 9.90 Å². The molecule has 1 aromatic heterocycles. The van der Waals surface area contributed by atoms with Crippen LogP contribution in [0.3, 0.4) is 0 Å². The van der Waals surface area contributed by atoms with E-state index < -0.39 is 5.60 Å². The number of hydrogen-bond donors (Lipinski definition) is 1. The molecular formula is C31H26Cl3NO4S. The third kappa shape index (κ3) is 5.24. The van der Waals surface area contributed by atoms with Crippen molar-refractivity contribution in [2.24, 2.45) is 0 Å². The summed E-state index contributed by atoms with van der Waals surface area (Å²) in [6.45, 7) is 0.308. The lowest BCUT2D eigenvalue weighted by Crippen LogP contribution is -2.40. The van der Waals surface area contributed by atoms with Gasteiger partial charge in [0.05, 0.1) is 39.0 Å². The molecule has 0 saturated heterocycles. The van der Waals surface area contributed by atoms with Crippen molar-refractivity contribution in [1.82, 2.24) is 4.37 Å². The van der Waals surface area contributed by atoms with Crippen molar-refractivity contribution in [1.29, 1.82) is 0 Å². The van der Waals surface area contributed by atoms with Crippen LogP contribution in [0.1, 0.15) is 69.4 Å². The van der Waals surface area contributed by atoms with Gasteiger partial charge in [-0.05, 0) is 91.0 Å². The van der Waals surface area contributed by atoms with E-state index in [1.54, 1.807) is 18.2 Å². The summed E-state index contributed by atoms with van der Waals surface area (Å²) in [5.74, 6) is 0.907. The van der Waals surface area contributed by atoms with Crippen molar-refractivity contribution in [3.8, 4) is 17.0 Å². The van der Waals surface area contributed by atoms with Crippen LogP contribution in [-0.4, -0.2) is 22.6 Å². The summed E-state index contributed by atoms with van der Waals surface area (Å²) in [7, 11) is 1.36. The maximum atomic E-state index is 11.7. The Balaban J connectivity index is 1.17. The number of methoxy groups -OCH3 is 1. The lowest BCUT2D eigenvalue weighted by molar-refractivity contribution is -0.0549. The van der Waals surface area contributed by atoms with Crippen LogP contribution in [0.4, 0.5) is 0 Å². The minimum Gasteiger partial charge on any atom is -0.489 e. The van der Waals surface area contributed by atoms with Crippen LogP contribution in [0.5, 0.6) is 5.75 Å². The van der Waals surface area contributed by atoms with Gasteiger partial charge in [-0.2, -0.15) is 4.37 Å². The number of aromatic nitrogens is 1. The van der Waals surface area contributed by atoms with Gasteiger partial charge in [-0.25, -0.2) is 4.79 Å². The Kier molecular flexibility index (Phi) is 7.57. The van der Waals surface area contributed by atoms with E-state index in [2.05, 4.69) is 0 Å². The van der Waals surface area contributed by atoms with Gasteiger partial charge >= 0.3 is 5.97 Å². The molecule has 0 amide bonds. The van der Waals surface area contributed by atoms with Crippen LogP contribution in [0.25, 0.3) is 11.3 Å². The van der Waals surface area contributed by atoms with Crippen LogP contribution in [0.2, 0.25) is 15.1 Å². The maximum absolute atomic E-state index is 11.7. The SMILES string of the molecule is COC(=O)c1ccc(C2CC(O)(c3ccc(OCc4c(-c5c(Cl)cccc5Cl)nsc4C4CC4)cc3Cl)C2)cc1. The van der Waals surface area contributed by atoms with E-state index in [-0.39, 0.29) is 11.9 Å². The van der Waals surface area contributed by atoms with E-state index in [1.807, 2.05) is 42.5 Å². The second-order valence-corrected chi connectivity index (χ2v) is 12.5. The highest BCUT2D eigenvalue weighted by Crippen LogP contribution is 2.53. The molecule has 2 aliphatic rings. The molecular weight excluding hydrogens is 589 g/mol. The lowest BCUT2D eigenvalue weighted by atomic mass is 9.65.